The van der Waals surface area contributed by atoms with Gasteiger partial charge in [0.2, 0.25) is 0 Å². The van der Waals surface area contributed by atoms with E-state index in [0.717, 1.165) is 12.3 Å². The van der Waals surface area contributed by atoms with Gasteiger partial charge in [-0.1, -0.05) is 37.6 Å². The molecule has 1 atom stereocenters. The van der Waals surface area contributed by atoms with Crippen LogP contribution in [0.4, 0.5) is 0 Å². The Morgan fingerprint density at radius 3 is 2.50 bits per heavy atom. The highest BCUT2D eigenvalue weighted by molar-refractivity contribution is 7.99. The second kappa shape index (κ2) is 7.20. The molecule has 0 spiro atoms. The van der Waals surface area contributed by atoms with E-state index >= 15 is 0 Å². The van der Waals surface area contributed by atoms with Crippen molar-refractivity contribution in [3.63, 3.8) is 0 Å². The highest BCUT2D eigenvalue weighted by Gasteiger charge is 2.17. The molecule has 1 unspecified atom stereocenters. The molecule has 0 saturated carbocycles. The summed E-state index contributed by atoms with van der Waals surface area (Å²) in [6, 6.07) is 9.18. The smallest absolute Gasteiger partial charge is 0.0297 e. The van der Waals surface area contributed by atoms with Gasteiger partial charge >= 0.3 is 0 Å². The third-order valence-electron chi connectivity index (χ3n) is 3.87. The number of aryl methyl sites for hydroxylation is 1. The van der Waals surface area contributed by atoms with Crippen LogP contribution < -0.4 is 5.73 Å². The van der Waals surface area contributed by atoms with Gasteiger partial charge in [0.05, 0.1) is 0 Å². The Kier molecular flexibility index (Phi) is 5.58. The van der Waals surface area contributed by atoms with Crippen molar-refractivity contribution in [2.75, 3.05) is 11.5 Å². The van der Waals surface area contributed by atoms with Gasteiger partial charge in [0.25, 0.3) is 0 Å². The number of benzene rings is 1. The van der Waals surface area contributed by atoms with E-state index in [1.54, 1.807) is 0 Å². The molecule has 1 saturated heterocycles. The number of nitrogens with two attached hydrogens (primary N) is 1. The first-order valence-corrected chi connectivity index (χ1v) is 8.37. The summed E-state index contributed by atoms with van der Waals surface area (Å²) in [5.41, 5.74) is 9.09. The minimum absolute atomic E-state index is 0.230. The first-order valence-electron chi connectivity index (χ1n) is 7.21. The summed E-state index contributed by atoms with van der Waals surface area (Å²) in [4.78, 5) is 0. The third-order valence-corrected chi connectivity index (χ3v) is 4.92. The van der Waals surface area contributed by atoms with Gasteiger partial charge in [-0.25, -0.2) is 0 Å². The van der Waals surface area contributed by atoms with Crippen LogP contribution in [0.1, 0.15) is 49.8 Å². The third kappa shape index (κ3) is 4.03. The van der Waals surface area contributed by atoms with Crippen LogP contribution in [0.2, 0.25) is 0 Å². The van der Waals surface area contributed by atoms with Crippen molar-refractivity contribution in [2.45, 2.75) is 45.1 Å². The fourth-order valence-corrected chi connectivity index (χ4v) is 3.90. The first-order chi connectivity index (χ1) is 8.79. The zero-order valence-corrected chi connectivity index (χ0v) is 12.2. The van der Waals surface area contributed by atoms with E-state index in [1.807, 2.05) is 0 Å². The number of hydrogen-bond acceptors (Lipinski definition) is 2. The Labute approximate surface area is 116 Å². The van der Waals surface area contributed by atoms with Gasteiger partial charge in [-0.2, -0.15) is 11.8 Å². The summed E-state index contributed by atoms with van der Waals surface area (Å²) in [6.07, 6.45) is 6.26. The molecule has 1 aliphatic heterocycles. The van der Waals surface area contributed by atoms with Crippen molar-refractivity contribution >= 4 is 11.8 Å². The molecule has 0 aliphatic carbocycles. The average molecular weight is 263 g/mol. The van der Waals surface area contributed by atoms with Gasteiger partial charge in [-0.3, -0.25) is 0 Å². The summed E-state index contributed by atoms with van der Waals surface area (Å²) in [5.74, 6) is 3.50. The van der Waals surface area contributed by atoms with Gasteiger partial charge in [0, 0.05) is 6.04 Å². The fraction of sp³-hybridized carbons (Fsp3) is 0.625. The summed E-state index contributed by atoms with van der Waals surface area (Å²) in [6.45, 7) is 2.22. The standard InChI is InChI=1S/C16H25NS/c1-2-3-13-4-6-15(7-5-13)16(17)12-14-8-10-18-11-9-14/h4-7,14,16H,2-3,8-12,17H2,1H3. The molecule has 2 rings (SSSR count). The molecule has 100 valence electrons. The summed E-state index contributed by atoms with van der Waals surface area (Å²) >= 11 is 2.09. The van der Waals surface area contributed by atoms with Crippen LogP contribution in [0, 0.1) is 5.92 Å². The van der Waals surface area contributed by atoms with E-state index in [4.69, 9.17) is 5.73 Å². The van der Waals surface area contributed by atoms with Crippen LogP contribution in [-0.4, -0.2) is 11.5 Å². The molecule has 0 bridgehead atoms. The van der Waals surface area contributed by atoms with Crippen LogP contribution in [0.5, 0.6) is 0 Å². The number of hydrogen-bond donors (Lipinski definition) is 1. The van der Waals surface area contributed by atoms with E-state index in [-0.39, 0.29) is 6.04 Å². The number of thioether (sulfide) groups is 1. The van der Waals surface area contributed by atoms with E-state index < -0.39 is 0 Å². The summed E-state index contributed by atoms with van der Waals surface area (Å²) in [5, 5.41) is 0. The van der Waals surface area contributed by atoms with E-state index in [1.165, 1.54) is 48.3 Å². The lowest BCUT2D eigenvalue weighted by Crippen LogP contribution is -2.18. The molecule has 18 heavy (non-hydrogen) atoms. The molecule has 2 heteroatoms. The van der Waals surface area contributed by atoms with E-state index in [0.29, 0.717) is 0 Å². The maximum Gasteiger partial charge on any atom is 0.0297 e. The predicted octanol–water partition coefficient (Wildman–Crippen LogP) is 4.17. The lowest BCUT2D eigenvalue weighted by molar-refractivity contribution is 0.413. The minimum Gasteiger partial charge on any atom is -0.324 e. The molecule has 1 aromatic rings. The quantitative estimate of drug-likeness (QED) is 0.862. The minimum atomic E-state index is 0.230. The molecule has 2 N–H and O–H groups in total. The molecule has 1 aromatic carbocycles. The van der Waals surface area contributed by atoms with Gasteiger partial charge in [-0.15, -0.1) is 0 Å². The van der Waals surface area contributed by atoms with Crippen LogP contribution in [0.3, 0.4) is 0 Å². The van der Waals surface area contributed by atoms with Gasteiger partial charge < -0.3 is 5.73 Å². The zero-order chi connectivity index (χ0) is 12.8. The van der Waals surface area contributed by atoms with Crippen LogP contribution in [-0.2, 0) is 6.42 Å². The molecule has 1 aliphatic rings. The van der Waals surface area contributed by atoms with Crippen LogP contribution in [0.15, 0.2) is 24.3 Å². The van der Waals surface area contributed by atoms with Crippen molar-refractivity contribution in [1.82, 2.24) is 0 Å². The SMILES string of the molecule is CCCc1ccc(C(N)CC2CCSCC2)cc1. The Balaban J connectivity index is 1.89. The molecule has 1 heterocycles. The zero-order valence-electron chi connectivity index (χ0n) is 11.4. The maximum absolute atomic E-state index is 6.34. The van der Waals surface area contributed by atoms with Gasteiger partial charge in [-0.05, 0) is 54.2 Å². The maximum atomic E-state index is 6.34. The van der Waals surface area contributed by atoms with E-state index in [9.17, 15) is 0 Å². The molecule has 0 radical (unpaired) electrons. The summed E-state index contributed by atoms with van der Waals surface area (Å²) in [7, 11) is 0. The molecule has 0 amide bonds. The van der Waals surface area contributed by atoms with Crippen molar-refractivity contribution < 1.29 is 0 Å². The molecule has 1 fully saturated rings. The van der Waals surface area contributed by atoms with Gasteiger partial charge in [0.1, 0.15) is 0 Å². The van der Waals surface area contributed by atoms with E-state index in [2.05, 4.69) is 43.0 Å². The van der Waals surface area contributed by atoms with Crippen molar-refractivity contribution in [3.8, 4) is 0 Å². The molecular weight excluding hydrogens is 238 g/mol. The topological polar surface area (TPSA) is 26.0 Å². The average Bonchev–Trinajstić information content (AvgIpc) is 2.41. The highest BCUT2D eigenvalue weighted by Crippen LogP contribution is 2.30. The predicted molar refractivity (Wildman–Crippen MR) is 82.0 cm³/mol. The lowest BCUT2D eigenvalue weighted by Gasteiger charge is -2.24. The monoisotopic (exact) mass is 263 g/mol. The second-order valence-corrected chi connectivity index (χ2v) is 6.61. The van der Waals surface area contributed by atoms with Crippen molar-refractivity contribution in [3.05, 3.63) is 35.4 Å². The molecule has 1 nitrogen and oxygen atoms in total. The highest BCUT2D eigenvalue weighted by atomic mass is 32.2. The van der Waals surface area contributed by atoms with Gasteiger partial charge in [0.15, 0.2) is 0 Å². The fourth-order valence-electron chi connectivity index (χ4n) is 2.70. The Morgan fingerprint density at radius 1 is 1.22 bits per heavy atom. The largest absolute Gasteiger partial charge is 0.324 e. The number of rotatable bonds is 5. The van der Waals surface area contributed by atoms with Crippen LogP contribution >= 0.6 is 11.8 Å². The van der Waals surface area contributed by atoms with Crippen molar-refractivity contribution in [2.24, 2.45) is 11.7 Å². The summed E-state index contributed by atoms with van der Waals surface area (Å²) < 4.78 is 0. The van der Waals surface area contributed by atoms with Crippen molar-refractivity contribution in [1.29, 1.82) is 0 Å². The molecular formula is C16H25NS. The Bertz CT molecular complexity index is 341. The second-order valence-electron chi connectivity index (χ2n) is 5.39. The first kappa shape index (κ1) is 14.0. The van der Waals surface area contributed by atoms with Crippen LogP contribution in [0.25, 0.3) is 0 Å². The normalized spacial score (nSPS) is 18.8. The Hall–Kier alpha value is -0.470. The Morgan fingerprint density at radius 2 is 1.89 bits per heavy atom. The molecule has 0 aromatic heterocycles. The lowest BCUT2D eigenvalue weighted by atomic mass is 9.91.